The third kappa shape index (κ3) is 2.66. The van der Waals surface area contributed by atoms with Crippen molar-refractivity contribution in [3.8, 4) is 16.9 Å². The molecule has 0 bridgehead atoms. The minimum Gasteiger partial charge on any atom is -0.474 e. The average Bonchev–Trinajstić information content (AvgIpc) is 2.93. The highest BCUT2D eigenvalue weighted by atomic mass is 35.5. The van der Waals surface area contributed by atoms with Crippen LogP contribution in [0.3, 0.4) is 0 Å². The fourth-order valence-corrected chi connectivity index (χ4v) is 3.28. The van der Waals surface area contributed by atoms with Crippen LogP contribution in [0.15, 0.2) is 47.0 Å². The summed E-state index contributed by atoms with van der Waals surface area (Å²) in [4.78, 5) is 12.4. The predicted molar refractivity (Wildman–Crippen MR) is 94.9 cm³/mol. The number of nitrogens with one attached hydrogen (secondary N) is 1. The summed E-state index contributed by atoms with van der Waals surface area (Å²) in [5, 5.41) is 7.36. The molecular weight excluding hydrogens is 340 g/mol. The maximum atomic E-state index is 12.4. The number of carbonyl (C=O) groups excluding carboxylic acids is 1. The van der Waals surface area contributed by atoms with Gasteiger partial charge in [0, 0.05) is 16.1 Å². The van der Waals surface area contributed by atoms with E-state index in [2.05, 4.69) is 10.5 Å². The molecule has 0 saturated heterocycles. The Morgan fingerprint density at radius 2 is 1.96 bits per heavy atom. The smallest absolute Gasteiger partial charge is 0.270 e. The Morgan fingerprint density at radius 1 is 1.16 bits per heavy atom. The normalized spacial score (nSPS) is 16.1. The third-order valence-electron chi connectivity index (χ3n) is 4.23. The van der Waals surface area contributed by atoms with Crippen molar-refractivity contribution in [2.75, 3.05) is 5.32 Å². The van der Waals surface area contributed by atoms with E-state index in [1.54, 1.807) is 12.1 Å². The fraction of sp³-hybridized carbons (Fsp3) is 0.158. The Kier molecular flexibility index (Phi) is 3.73. The molecule has 4 rings (SSSR count). The van der Waals surface area contributed by atoms with E-state index in [1.807, 2.05) is 44.2 Å². The van der Waals surface area contributed by atoms with Gasteiger partial charge in [-0.25, -0.2) is 0 Å². The highest BCUT2D eigenvalue weighted by molar-refractivity contribution is 6.31. The molecule has 25 heavy (non-hydrogen) atoms. The largest absolute Gasteiger partial charge is 0.474 e. The molecule has 0 radical (unpaired) electrons. The maximum Gasteiger partial charge on any atom is 0.270 e. The first kappa shape index (κ1) is 15.7. The molecule has 5 nitrogen and oxygen atoms in total. The number of aromatic nitrogens is 1. The summed E-state index contributed by atoms with van der Waals surface area (Å²) in [7, 11) is 0. The van der Waals surface area contributed by atoms with E-state index >= 15 is 0 Å². The first-order valence-electron chi connectivity index (χ1n) is 7.84. The van der Waals surface area contributed by atoms with Crippen molar-refractivity contribution in [1.82, 2.24) is 5.16 Å². The number of hydrogen-bond donors (Lipinski definition) is 1. The fourth-order valence-electron chi connectivity index (χ4n) is 3.04. The monoisotopic (exact) mass is 354 g/mol. The van der Waals surface area contributed by atoms with E-state index in [0.717, 1.165) is 22.6 Å². The molecule has 1 atom stereocenters. The summed E-state index contributed by atoms with van der Waals surface area (Å²) in [6.07, 6.45) is -0.791. The van der Waals surface area contributed by atoms with Gasteiger partial charge in [0.1, 0.15) is 11.5 Å². The van der Waals surface area contributed by atoms with Crippen molar-refractivity contribution in [3.05, 3.63) is 64.5 Å². The zero-order chi connectivity index (χ0) is 17.6. The molecule has 1 aliphatic heterocycles. The van der Waals surface area contributed by atoms with Gasteiger partial charge in [-0.3, -0.25) is 4.79 Å². The van der Waals surface area contributed by atoms with Gasteiger partial charge >= 0.3 is 0 Å². The summed E-state index contributed by atoms with van der Waals surface area (Å²) in [6, 6.07) is 12.8. The van der Waals surface area contributed by atoms with E-state index in [0.29, 0.717) is 22.0 Å². The molecule has 2 heterocycles. The molecule has 0 spiro atoms. The zero-order valence-electron chi connectivity index (χ0n) is 13.7. The van der Waals surface area contributed by atoms with Crippen molar-refractivity contribution in [1.29, 1.82) is 0 Å². The van der Waals surface area contributed by atoms with E-state index in [4.69, 9.17) is 20.9 Å². The number of anilines is 1. The Bertz CT molecular complexity index is 961. The molecule has 0 aliphatic carbocycles. The van der Waals surface area contributed by atoms with Crippen LogP contribution >= 0.6 is 11.6 Å². The van der Waals surface area contributed by atoms with Gasteiger partial charge in [0.25, 0.3) is 5.91 Å². The molecule has 126 valence electrons. The van der Waals surface area contributed by atoms with Crippen LogP contribution in [0.1, 0.15) is 23.1 Å². The van der Waals surface area contributed by atoms with Crippen molar-refractivity contribution in [2.45, 2.75) is 20.0 Å². The first-order valence-corrected chi connectivity index (χ1v) is 8.21. The van der Waals surface area contributed by atoms with Gasteiger partial charge in [-0.2, -0.15) is 0 Å². The van der Waals surface area contributed by atoms with Crippen molar-refractivity contribution < 1.29 is 14.1 Å². The topological polar surface area (TPSA) is 64.4 Å². The number of aryl methyl sites for hydroxylation is 2. The van der Waals surface area contributed by atoms with Gasteiger partial charge in [-0.1, -0.05) is 41.0 Å². The third-order valence-corrected chi connectivity index (χ3v) is 4.58. The quantitative estimate of drug-likeness (QED) is 0.725. The second kappa shape index (κ2) is 5.93. The summed E-state index contributed by atoms with van der Waals surface area (Å²) in [5.41, 5.74) is 3.92. The molecule has 6 heteroatoms. The molecule has 0 saturated carbocycles. The molecule has 1 aromatic heterocycles. The standard InChI is InChI=1S/C19H15ClN2O3/c1-10-17(11(2)25-22-10)12-7-8-15-16(9-12)24-18(19(23)21-15)13-5-3-4-6-14(13)20/h3-9,18H,1-2H3,(H,21,23). The number of halogens is 1. The lowest BCUT2D eigenvalue weighted by Gasteiger charge is -2.27. The summed E-state index contributed by atoms with van der Waals surface area (Å²) in [5.74, 6) is 1.08. The summed E-state index contributed by atoms with van der Waals surface area (Å²) in [6.45, 7) is 3.75. The van der Waals surface area contributed by atoms with Crippen LogP contribution in [-0.4, -0.2) is 11.1 Å². The number of fused-ring (bicyclic) bond motifs is 1. The van der Waals surface area contributed by atoms with Gasteiger partial charge in [0.2, 0.25) is 6.10 Å². The Hall–Kier alpha value is -2.79. The van der Waals surface area contributed by atoms with E-state index in [1.165, 1.54) is 0 Å². The average molecular weight is 355 g/mol. The number of hydrogen-bond acceptors (Lipinski definition) is 4. The number of rotatable bonds is 2. The SMILES string of the molecule is Cc1noc(C)c1-c1ccc2c(c1)OC(c1ccccc1Cl)C(=O)N2. The van der Waals surface area contributed by atoms with Crippen LogP contribution in [0.4, 0.5) is 5.69 Å². The van der Waals surface area contributed by atoms with Crippen LogP contribution in [0, 0.1) is 13.8 Å². The van der Waals surface area contributed by atoms with Gasteiger partial charge in [0.05, 0.1) is 11.4 Å². The molecule has 1 amide bonds. The minimum absolute atomic E-state index is 0.245. The predicted octanol–water partition coefficient (Wildman–Crippen LogP) is 4.68. The minimum atomic E-state index is -0.791. The highest BCUT2D eigenvalue weighted by Gasteiger charge is 2.31. The number of carbonyl (C=O) groups is 1. The molecule has 3 aromatic rings. The first-order chi connectivity index (χ1) is 12.0. The van der Waals surface area contributed by atoms with Gasteiger partial charge in [0.15, 0.2) is 0 Å². The number of ether oxygens (including phenoxy) is 1. The number of nitrogens with zero attached hydrogens (tertiary/aromatic N) is 1. The van der Waals surface area contributed by atoms with Crippen molar-refractivity contribution in [2.24, 2.45) is 0 Å². The lowest BCUT2D eigenvalue weighted by atomic mass is 10.0. The van der Waals surface area contributed by atoms with E-state index < -0.39 is 6.10 Å². The summed E-state index contributed by atoms with van der Waals surface area (Å²) >= 11 is 6.22. The Balaban J connectivity index is 1.76. The lowest BCUT2D eigenvalue weighted by molar-refractivity contribution is -0.123. The lowest BCUT2D eigenvalue weighted by Crippen LogP contribution is -2.30. The van der Waals surface area contributed by atoms with Crippen molar-refractivity contribution in [3.63, 3.8) is 0 Å². The molecule has 2 aromatic carbocycles. The maximum absolute atomic E-state index is 12.4. The van der Waals surface area contributed by atoms with Gasteiger partial charge < -0.3 is 14.6 Å². The Morgan fingerprint density at radius 3 is 2.68 bits per heavy atom. The van der Waals surface area contributed by atoms with Crippen molar-refractivity contribution >= 4 is 23.2 Å². The van der Waals surface area contributed by atoms with E-state index in [9.17, 15) is 4.79 Å². The van der Waals surface area contributed by atoms with Crippen LogP contribution in [-0.2, 0) is 4.79 Å². The summed E-state index contributed by atoms with van der Waals surface area (Å²) < 4.78 is 11.2. The Labute approximate surface area is 149 Å². The van der Waals surface area contributed by atoms with E-state index in [-0.39, 0.29) is 5.91 Å². The molecule has 1 unspecified atom stereocenters. The second-order valence-corrected chi connectivity index (χ2v) is 6.33. The number of benzene rings is 2. The molecule has 1 aliphatic rings. The second-order valence-electron chi connectivity index (χ2n) is 5.92. The van der Waals surface area contributed by atoms with Crippen LogP contribution in [0.2, 0.25) is 5.02 Å². The van der Waals surface area contributed by atoms with Gasteiger partial charge in [-0.15, -0.1) is 0 Å². The molecular formula is C19H15ClN2O3. The van der Waals surface area contributed by atoms with Crippen LogP contribution in [0.25, 0.3) is 11.1 Å². The van der Waals surface area contributed by atoms with Crippen LogP contribution < -0.4 is 10.1 Å². The van der Waals surface area contributed by atoms with Gasteiger partial charge in [-0.05, 0) is 37.6 Å². The van der Waals surface area contributed by atoms with Crippen LogP contribution in [0.5, 0.6) is 5.75 Å². The molecule has 1 N–H and O–H groups in total. The molecule has 0 fully saturated rings. The number of amides is 1. The highest BCUT2D eigenvalue weighted by Crippen LogP contribution is 2.40. The zero-order valence-corrected chi connectivity index (χ0v) is 14.4.